The van der Waals surface area contributed by atoms with E-state index in [0.717, 1.165) is 47.4 Å². The van der Waals surface area contributed by atoms with Crippen LogP contribution in [0, 0.1) is 0 Å². The van der Waals surface area contributed by atoms with E-state index in [4.69, 9.17) is 11.6 Å². The number of piperidine rings is 1. The van der Waals surface area contributed by atoms with Crippen molar-refractivity contribution < 1.29 is 9.59 Å². The van der Waals surface area contributed by atoms with E-state index in [1.807, 2.05) is 12.1 Å². The molecular formula is C22H20ClN3O2. The van der Waals surface area contributed by atoms with Crippen LogP contribution in [0.25, 0.3) is 22.2 Å². The molecule has 1 fully saturated rings. The van der Waals surface area contributed by atoms with Crippen LogP contribution in [-0.2, 0) is 17.9 Å². The van der Waals surface area contributed by atoms with Crippen molar-refractivity contribution in [3.05, 3.63) is 58.1 Å². The number of hydrogen-bond acceptors (Lipinski definition) is 3. The number of hydrogen-bond donors (Lipinski definition) is 2. The average molecular weight is 394 g/mol. The van der Waals surface area contributed by atoms with Crippen molar-refractivity contribution in [2.45, 2.75) is 25.9 Å². The highest BCUT2D eigenvalue weighted by Crippen LogP contribution is 2.34. The summed E-state index contributed by atoms with van der Waals surface area (Å²) in [5, 5.41) is 4.60. The first-order valence-corrected chi connectivity index (χ1v) is 9.92. The van der Waals surface area contributed by atoms with Crippen molar-refractivity contribution in [3.63, 3.8) is 0 Å². The Hall–Kier alpha value is -2.63. The van der Waals surface area contributed by atoms with E-state index in [0.29, 0.717) is 35.8 Å². The number of fused-ring (bicyclic) bond motifs is 2. The summed E-state index contributed by atoms with van der Waals surface area (Å²) in [5.74, 6) is 0.285. The maximum absolute atomic E-state index is 12.3. The van der Waals surface area contributed by atoms with Gasteiger partial charge in [0.05, 0.1) is 5.56 Å². The number of aromatic nitrogens is 1. The number of H-pyrrole nitrogens is 1. The zero-order valence-electron chi connectivity index (χ0n) is 15.3. The Bertz CT molecular complexity index is 1110. The van der Waals surface area contributed by atoms with Gasteiger partial charge in [0, 0.05) is 71.8 Å². The highest BCUT2D eigenvalue weighted by atomic mass is 35.5. The lowest BCUT2D eigenvalue weighted by Gasteiger charge is -2.25. The number of halogens is 1. The van der Waals surface area contributed by atoms with E-state index in [1.54, 1.807) is 0 Å². The Morgan fingerprint density at radius 2 is 1.86 bits per heavy atom. The first-order valence-electron chi connectivity index (χ1n) is 9.54. The predicted octanol–water partition coefficient (Wildman–Crippen LogP) is 3.90. The topological polar surface area (TPSA) is 65.2 Å². The molecule has 0 aliphatic carbocycles. The SMILES string of the molecule is O=C1CCN(Cc2ccc3[nH]c(-c4ccc(Cl)c5c4C(=O)NC5)cc3c2)CC1. The molecule has 28 heavy (non-hydrogen) atoms. The Morgan fingerprint density at radius 3 is 2.68 bits per heavy atom. The van der Waals surface area contributed by atoms with Gasteiger partial charge in [-0.2, -0.15) is 0 Å². The van der Waals surface area contributed by atoms with Crippen LogP contribution in [0.5, 0.6) is 0 Å². The molecule has 5 rings (SSSR count). The van der Waals surface area contributed by atoms with Gasteiger partial charge in [-0.05, 0) is 29.8 Å². The number of rotatable bonds is 3. The fraction of sp³-hybridized carbons (Fsp3) is 0.273. The minimum Gasteiger partial charge on any atom is -0.355 e. The van der Waals surface area contributed by atoms with Crippen LogP contribution < -0.4 is 5.32 Å². The molecule has 1 amide bonds. The van der Waals surface area contributed by atoms with Crippen molar-refractivity contribution in [2.24, 2.45) is 0 Å². The number of carbonyl (C=O) groups is 2. The smallest absolute Gasteiger partial charge is 0.252 e. The molecule has 0 spiro atoms. The molecule has 1 saturated heterocycles. The van der Waals surface area contributed by atoms with Crippen LogP contribution in [0.1, 0.15) is 34.3 Å². The van der Waals surface area contributed by atoms with Gasteiger partial charge >= 0.3 is 0 Å². The summed E-state index contributed by atoms with van der Waals surface area (Å²) >= 11 is 6.27. The summed E-state index contributed by atoms with van der Waals surface area (Å²) in [6.45, 7) is 2.99. The van der Waals surface area contributed by atoms with Crippen molar-refractivity contribution in [1.82, 2.24) is 15.2 Å². The lowest BCUT2D eigenvalue weighted by molar-refractivity contribution is -0.121. The Kier molecular flexibility index (Phi) is 4.22. The average Bonchev–Trinajstić information content (AvgIpc) is 3.28. The van der Waals surface area contributed by atoms with Crippen LogP contribution in [0.4, 0.5) is 0 Å². The van der Waals surface area contributed by atoms with Gasteiger partial charge in [-0.25, -0.2) is 0 Å². The van der Waals surface area contributed by atoms with E-state index in [9.17, 15) is 9.59 Å². The molecule has 5 nitrogen and oxygen atoms in total. The first kappa shape index (κ1) is 17.5. The number of nitrogens with one attached hydrogen (secondary N) is 2. The molecule has 2 aromatic carbocycles. The van der Waals surface area contributed by atoms with Gasteiger partial charge in [-0.1, -0.05) is 23.7 Å². The van der Waals surface area contributed by atoms with Crippen LogP contribution in [-0.4, -0.2) is 34.7 Å². The van der Waals surface area contributed by atoms with Gasteiger partial charge in [-0.15, -0.1) is 0 Å². The summed E-state index contributed by atoms with van der Waals surface area (Å²) in [6, 6.07) is 12.2. The minimum absolute atomic E-state index is 0.0773. The normalized spacial score (nSPS) is 17.2. The van der Waals surface area contributed by atoms with Gasteiger partial charge in [0.1, 0.15) is 5.78 Å². The fourth-order valence-corrected chi connectivity index (χ4v) is 4.40. The molecule has 3 aromatic rings. The zero-order chi connectivity index (χ0) is 19.3. The number of carbonyl (C=O) groups excluding carboxylic acids is 2. The standard InChI is InChI=1S/C22H20ClN3O2/c23-18-3-2-16(21-17(18)11-24-22(21)28)20-10-14-9-13(1-4-19(14)25-20)12-26-7-5-15(27)6-8-26/h1-4,9-10,25H,5-8,11-12H2,(H,24,28). The van der Waals surface area contributed by atoms with Crippen LogP contribution >= 0.6 is 11.6 Å². The second-order valence-corrected chi connectivity index (χ2v) is 7.96. The highest BCUT2D eigenvalue weighted by molar-refractivity contribution is 6.32. The maximum Gasteiger partial charge on any atom is 0.252 e. The van der Waals surface area contributed by atoms with Crippen molar-refractivity contribution in [3.8, 4) is 11.3 Å². The molecule has 142 valence electrons. The Labute approximate surface area is 167 Å². The molecule has 6 heteroatoms. The monoisotopic (exact) mass is 393 g/mol. The quantitative estimate of drug-likeness (QED) is 0.709. The highest BCUT2D eigenvalue weighted by Gasteiger charge is 2.26. The maximum atomic E-state index is 12.3. The predicted molar refractivity (Wildman–Crippen MR) is 109 cm³/mol. The lowest BCUT2D eigenvalue weighted by Crippen LogP contribution is -2.33. The molecule has 0 unspecified atom stereocenters. The Morgan fingerprint density at radius 1 is 1.04 bits per heavy atom. The van der Waals surface area contributed by atoms with Crippen molar-refractivity contribution >= 4 is 34.2 Å². The molecular weight excluding hydrogens is 374 g/mol. The second-order valence-electron chi connectivity index (χ2n) is 7.55. The van der Waals surface area contributed by atoms with Gasteiger partial charge < -0.3 is 10.3 Å². The number of benzene rings is 2. The number of ketones is 1. The number of nitrogens with zero attached hydrogens (tertiary/aromatic N) is 1. The number of aromatic amines is 1. The van der Waals surface area contributed by atoms with Crippen molar-refractivity contribution in [1.29, 1.82) is 0 Å². The van der Waals surface area contributed by atoms with Gasteiger partial charge in [0.25, 0.3) is 5.91 Å². The molecule has 0 radical (unpaired) electrons. The van der Waals surface area contributed by atoms with E-state index in [1.165, 1.54) is 5.56 Å². The molecule has 3 heterocycles. The third-order valence-electron chi connectivity index (χ3n) is 5.70. The fourth-order valence-electron chi connectivity index (χ4n) is 4.18. The van der Waals surface area contributed by atoms with Gasteiger partial charge in [-0.3, -0.25) is 14.5 Å². The van der Waals surface area contributed by atoms with E-state index in [2.05, 4.69) is 39.5 Å². The van der Waals surface area contributed by atoms with Crippen molar-refractivity contribution in [2.75, 3.05) is 13.1 Å². The lowest BCUT2D eigenvalue weighted by atomic mass is 10.0. The van der Waals surface area contributed by atoms with Crippen LogP contribution in [0.15, 0.2) is 36.4 Å². The largest absolute Gasteiger partial charge is 0.355 e. The molecule has 0 bridgehead atoms. The number of likely N-dealkylation sites (tertiary alicyclic amines) is 1. The summed E-state index contributed by atoms with van der Waals surface area (Å²) in [7, 11) is 0. The molecule has 2 N–H and O–H groups in total. The summed E-state index contributed by atoms with van der Waals surface area (Å²) < 4.78 is 0. The van der Waals surface area contributed by atoms with Gasteiger partial charge in [0.2, 0.25) is 0 Å². The molecule has 2 aliphatic rings. The van der Waals surface area contributed by atoms with Gasteiger partial charge in [0.15, 0.2) is 0 Å². The molecule has 0 atom stereocenters. The van der Waals surface area contributed by atoms with Crippen LogP contribution in [0.2, 0.25) is 5.02 Å². The Balaban J connectivity index is 1.47. The summed E-state index contributed by atoms with van der Waals surface area (Å²) in [5.41, 5.74) is 5.59. The third-order valence-corrected chi connectivity index (χ3v) is 6.06. The minimum atomic E-state index is -0.0773. The van der Waals surface area contributed by atoms with E-state index >= 15 is 0 Å². The molecule has 1 aromatic heterocycles. The molecule has 2 aliphatic heterocycles. The van der Waals surface area contributed by atoms with E-state index < -0.39 is 0 Å². The number of amides is 1. The number of Topliss-reactive ketones (excluding diaryl/α,β-unsaturated/α-hetero) is 1. The summed E-state index contributed by atoms with van der Waals surface area (Å²) in [4.78, 5) is 29.5. The second kappa shape index (κ2) is 6.76. The summed E-state index contributed by atoms with van der Waals surface area (Å²) in [6.07, 6.45) is 1.31. The van der Waals surface area contributed by atoms with E-state index in [-0.39, 0.29) is 5.91 Å². The zero-order valence-corrected chi connectivity index (χ0v) is 16.1. The first-order chi connectivity index (χ1) is 13.6. The third kappa shape index (κ3) is 3.01. The van der Waals surface area contributed by atoms with Crippen LogP contribution in [0.3, 0.4) is 0 Å². The molecule has 0 saturated carbocycles.